The largest absolute Gasteiger partial charge is 0.495 e. The maximum Gasteiger partial charge on any atom is 0.255 e. The molecule has 4 rings (SSSR count). The van der Waals surface area contributed by atoms with Crippen LogP contribution in [0.2, 0.25) is 0 Å². The third-order valence-corrected chi connectivity index (χ3v) is 6.87. The Kier molecular flexibility index (Phi) is 5.23. The van der Waals surface area contributed by atoms with Gasteiger partial charge in [0.05, 0.1) is 7.11 Å². The average molecular weight is 416 g/mol. The molecule has 0 bridgehead atoms. The zero-order chi connectivity index (χ0) is 20.6. The van der Waals surface area contributed by atoms with Crippen molar-refractivity contribution in [3.8, 4) is 5.75 Å². The minimum absolute atomic E-state index is 0.0225. The molecule has 0 aromatic heterocycles. The second-order valence-electron chi connectivity index (χ2n) is 7.39. The molecule has 0 spiro atoms. The van der Waals surface area contributed by atoms with E-state index in [0.29, 0.717) is 5.69 Å². The number of anilines is 2. The Balaban J connectivity index is 1.58. The molecule has 7 nitrogen and oxygen atoms in total. The predicted octanol–water partition coefficient (Wildman–Crippen LogP) is 2.77. The van der Waals surface area contributed by atoms with E-state index in [1.807, 2.05) is 18.2 Å². The molecular formula is C21H25N3O4S. The van der Waals surface area contributed by atoms with Crippen molar-refractivity contribution in [3.05, 3.63) is 47.5 Å². The maximum atomic E-state index is 12.8. The van der Waals surface area contributed by atoms with E-state index in [2.05, 4.69) is 21.9 Å². The molecule has 1 aliphatic carbocycles. The number of methoxy groups -OCH3 is 1. The lowest BCUT2D eigenvalue weighted by atomic mass is 10.1. The van der Waals surface area contributed by atoms with E-state index in [1.165, 1.54) is 24.8 Å². The minimum atomic E-state index is -3.75. The van der Waals surface area contributed by atoms with Gasteiger partial charge < -0.3 is 15.0 Å². The van der Waals surface area contributed by atoms with Crippen LogP contribution in [0.25, 0.3) is 0 Å². The normalized spacial score (nSPS) is 15.9. The van der Waals surface area contributed by atoms with E-state index < -0.39 is 10.0 Å². The number of sulfonamides is 1. The molecule has 8 heteroatoms. The molecule has 1 fully saturated rings. The number of hydrogen-bond donors (Lipinski definition) is 2. The summed E-state index contributed by atoms with van der Waals surface area (Å²) < 4.78 is 33.2. The van der Waals surface area contributed by atoms with Gasteiger partial charge in [0.1, 0.15) is 10.6 Å². The quantitative estimate of drug-likeness (QED) is 0.726. The molecule has 0 radical (unpaired) electrons. The number of fused-ring (bicyclic) bond motifs is 1. The van der Waals surface area contributed by atoms with Crippen molar-refractivity contribution < 1.29 is 17.9 Å². The second-order valence-corrected chi connectivity index (χ2v) is 9.07. The third kappa shape index (κ3) is 4.09. The van der Waals surface area contributed by atoms with Gasteiger partial charge in [-0.15, -0.1) is 0 Å². The molecule has 1 aliphatic heterocycles. The summed E-state index contributed by atoms with van der Waals surface area (Å²) in [6.45, 7) is 4.00. The first-order valence-corrected chi connectivity index (χ1v) is 11.3. The SMILES string of the molecule is CCN1CCc2ccc(NC(=O)c3ccc(OC)c(S(=O)(=O)NC4CC4)c3)cc21. The van der Waals surface area contributed by atoms with Gasteiger partial charge in [0.2, 0.25) is 10.0 Å². The highest BCUT2D eigenvalue weighted by atomic mass is 32.2. The number of carbonyl (C=O) groups is 1. The first-order chi connectivity index (χ1) is 13.9. The van der Waals surface area contributed by atoms with E-state index >= 15 is 0 Å². The van der Waals surface area contributed by atoms with Crippen LogP contribution in [0.15, 0.2) is 41.3 Å². The smallest absolute Gasteiger partial charge is 0.255 e. The summed E-state index contributed by atoms with van der Waals surface area (Å²) >= 11 is 0. The van der Waals surface area contributed by atoms with Gasteiger partial charge in [-0.25, -0.2) is 13.1 Å². The summed E-state index contributed by atoms with van der Waals surface area (Å²) in [5.41, 5.74) is 3.35. The van der Waals surface area contributed by atoms with Gasteiger partial charge in [0.25, 0.3) is 5.91 Å². The fourth-order valence-corrected chi connectivity index (χ4v) is 5.07. The van der Waals surface area contributed by atoms with Crippen LogP contribution in [0.3, 0.4) is 0 Å². The first kappa shape index (κ1) is 19.7. The number of nitrogens with one attached hydrogen (secondary N) is 2. The summed E-state index contributed by atoms with van der Waals surface area (Å²) in [6, 6.07) is 10.3. The summed E-state index contributed by atoms with van der Waals surface area (Å²) in [7, 11) is -2.34. The highest BCUT2D eigenvalue weighted by Crippen LogP contribution is 2.31. The van der Waals surface area contributed by atoms with E-state index in [-0.39, 0.29) is 28.2 Å². The Hall–Kier alpha value is -2.58. The zero-order valence-electron chi connectivity index (χ0n) is 16.6. The number of likely N-dealkylation sites (N-methyl/N-ethyl adjacent to an activating group) is 1. The van der Waals surface area contributed by atoms with Gasteiger partial charge in [-0.3, -0.25) is 4.79 Å². The molecule has 2 N–H and O–H groups in total. The zero-order valence-corrected chi connectivity index (χ0v) is 17.4. The molecule has 1 saturated carbocycles. The Morgan fingerprint density at radius 1 is 1.21 bits per heavy atom. The van der Waals surface area contributed by atoms with Crippen molar-refractivity contribution in [2.45, 2.75) is 37.1 Å². The van der Waals surface area contributed by atoms with Crippen molar-refractivity contribution in [3.63, 3.8) is 0 Å². The van der Waals surface area contributed by atoms with Crippen LogP contribution >= 0.6 is 0 Å². The molecule has 1 amide bonds. The molecule has 2 aliphatic rings. The van der Waals surface area contributed by atoms with Crippen LogP contribution in [0.5, 0.6) is 5.75 Å². The van der Waals surface area contributed by atoms with Crippen LogP contribution in [0, 0.1) is 0 Å². The summed E-state index contributed by atoms with van der Waals surface area (Å²) in [6.07, 6.45) is 2.66. The molecule has 1 heterocycles. The number of hydrogen-bond acceptors (Lipinski definition) is 5. The molecule has 2 aromatic rings. The van der Waals surface area contributed by atoms with Gasteiger partial charge in [0.15, 0.2) is 0 Å². The molecule has 29 heavy (non-hydrogen) atoms. The molecule has 0 saturated heterocycles. The number of nitrogens with zero attached hydrogens (tertiary/aromatic N) is 1. The van der Waals surface area contributed by atoms with Crippen LogP contribution in [-0.4, -0.2) is 40.6 Å². The Morgan fingerprint density at radius 2 is 2.00 bits per heavy atom. The standard InChI is InChI=1S/C21H25N3O4S/c1-3-24-11-10-14-4-6-17(13-18(14)24)22-21(25)15-5-9-19(28-2)20(12-15)29(26,27)23-16-7-8-16/h4-6,9,12-13,16,23H,3,7-8,10-11H2,1-2H3,(H,22,25). The summed E-state index contributed by atoms with van der Waals surface area (Å²) in [5, 5.41) is 2.88. The molecule has 0 atom stereocenters. The molecule has 2 aromatic carbocycles. The van der Waals surface area contributed by atoms with Crippen molar-refractivity contribution >= 4 is 27.3 Å². The highest BCUT2D eigenvalue weighted by molar-refractivity contribution is 7.89. The topological polar surface area (TPSA) is 87.7 Å². The number of carbonyl (C=O) groups excluding carboxylic acids is 1. The number of rotatable bonds is 7. The van der Waals surface area contributed by atoms with E-state index in [4.69, 9.17) is 4.74 Å². The Labute approximate surface area is 171 Å². The van der Waals surface area contributed by atoms with Gasteiger partial charge in [0, 0.05) is 36.1 Å². The van der Waals surface area contributed by atoms with Gasteiger partial charge >= 0.3 is 0 Å². The number of amides is 1. The fourth-order valence-electron chi connectivity index (χ4n) is 3.57. The lowest BCUT2D eigenvalue weighted by molar-refractivity contribution is 0.102. The van der Waals surface area contributed by atoms with Crippen molar-refractivity contribution in [1.29, 1.82) is 0 Å². The number of benzene rings is 2. The number of ether oxygens (including phenoxy) is 1. The summed E-state index contributed by atoms with van der Waals surface area (Å²) in [5.74, 6) is -0.151. The minimum Gasteiger partial charge on any atom is -0.495 e. The first-order valence-electron chi connectivity index (χ1n) is 9.81. The van der Waals surface area contributed by atoms with Gasteiger partial charge in [-0.1, -0.05) is 6.07 Å². The second kappa shape index (κ2) is 7.68. The van der Waals surface area contributed by atoms with Crippen molar-refractivity contribution in [2.24, 2.45) is 0 Å². The van der Waals surface area contributed by atoms with E-state index in [0.717, 1.165) is 38.0 Å². The lowest BCUT2D eigenvalue weighted by Gasteiger charge is -2.17. The summed E-state index contributed by atoms with van der Waals surface area (Å²) in [4.78, 5) is 15.0. The Bertz CT molecular complexity index is 1050. The lowest BCUT2D eigenvalue weighted by Crippen LogP contribution is -2.26. The molecular weight excluding hydrogens is 390 g/mol. The average Bonchev–Trinajstić information content (AvgIpc) is 3.42. The predicted molar refractivity (Wildman–Crippen MR) is 112 cm³/mol. The Morgan fingerprint density at radius 3 is 2.69 bits per heavy atom. The van der Waals surface area contributed by atoms with Crippen molar-refractivity contribution in [2.75, 3.05) is 30.4 Å². The van der Waals surface area contributed by atoms with Crippen LogP contribution in [-0.2, 0) is 16.4 Å². The van der Waals surface area contributed by atoms with Crippen LogP contribution in [0.4, 0.5) is 11.4 Å². The maximum absolute atomic E-state index is 12.8. The van der Waals surface area contributed by atoms with Gasteiger partial charge in [-0.05, 0) is 62.1 Å². The highest BCUT2D eigenvalue weighted by Gasteiger charge is 2.30. The van der Waals surface area contributed by atoms with Crippen LogP contribution in [0.1, 0.15) is 35.7 Å². The molecule has 0 unspecified atom stereocenters. The van der Waals surface area contributed by atoms with Gasteiger partial charge in [-0.2, -0.15) is 0 Å². The van der Waals surface area contributed by atoms with E-state index in [9.17, 15) is 13.2 Å². The van der Waals surface area contributed by atoms with Crippen LogP contribution < -0.4 is 19.7 Å². The molecule has 154 valence electrons. The fraction of sp³-hybridized carbons (Fsp3) is 0.381. The monoisotopic (exact) mass is 415 g/mol. The van der Waals surface area contributed by atoms with Crippen molar-refractivity contribution in [1.82, 2.24) is 4.72 Å². The third-order valence-electron chi connectivity index (χ3n) is 5.33. The van der Waals surface area contributed by atoms with E-state index in [1.54, 1.807) is 6.07 Å².